The highest BCUT2D eigenvalue weighted by Crippen LogP contribution is 2.47. The van der Waals surface area contributed by atoms with Crippen molar-refractivity contribution in [2.24, 2.45) is 5.73 Å². The number of rotatable bonds is 5. The Labute approximate surface area is 211 Å². The predicted molar refractivity (Wildman–Crippen MR) is 136 cm³/mol. The summed E-state index contributed by atoms with van der Waals surface area (Å²) < 4.78 is 18.2. The Bertz CT molecular complexity index is 1450. The molecule has 2 aliphatic rings. The molecule has 7 heteroatoms. The summed E-state index contributed by atoms with van der Waals surface area (Å²) in [6.07, 6.45) is 1.73. The van der Waals surface area contributed by atoms with Gasteiger partial charge in [0.15, 0.2) is 17.3 Å². The van der Waals surface area contributed by atoms with Crippen molar-refractivity contribution < 1.29 is 19.0 Å². The molecule has 1 atom stereocenters. The summed E-state index contributed by atoms with van der Waals surface area (Å²) in [7, 11) is 1.56. The Morgan fingerprint density at radius 3 is 2.77 bits per heavy atom. The standard InChI is InChI=1S/C28H23BrN2O4/c1-33-24-13-18(25-20(14-30)28(31)35-23-11-5-10-22(32)26(23)25)12-21(29)27(24)34-15-17-8-4-7-16-6-2-3-9-19(16)17/h2-4,6-9,12-13,25H,5,10-11,15,31H2,1H3/t25-/m0/s1. The lowest BCUT2D eigenvalue weighted by atomic mass is 9.77. The summed E-state index contributed by atoms with van der Waals surface area (Å²) in [5.41, 5.74) is 8.56. The maximum Gasteiger partial charge on any atom is 0.205 e. The minimum absolute atomic E-state index is 0.0251. The van der Waals surface area contributed by atoms with E-state index in [2.05, 4.69) is 40.2 Å². The van der Waals surface area contributed by atoms with Crippen LogP contribution in [0, 0.1) is 11.3 Å². The van der Waals surface area contributed by atoms with E-state index >= 15 is 0 Å². The summed E-state index contributed by atoms with van der Waals surface area (Å²) in [6, 6.07) is 20.1. The molecule has 5 rings (SSSR count). The van der Waals surface area contributed by atoms with Gasteiger partial charge >= 0.3 is 0 Å². The van der Waals surface area contributed by atoms with Gasteiger partial charge in [-0.05, 0) is 56.4 Å². The second-order valence-corrected chi connectivity index (χ2v) is 9.35. The van der Waals surface area contributed by atoms with Crippen LogP contribution in [-0.2, 0) is 16.1 Å². The zero-order chi connectivity index (χ0) is 24.5. The van der Waals surface area contributed by atoms with Crippen molar-refractivity contribution in [3.8, 4) is 17.6 Å². The van der Waals surface area contributed by atoms with Crippen molar-refractivity contribution in [2.75, 3.05) is 7.11 Å². The van der Waals surface area contributed by atoms with Crippen LogP contribution in [0.3, 0.4) is 0 Å². The normalized spacial score (nSPS) is 17.6. The number of Topliss-reactive ketones (excluding diaryl/α,β-unsaturated/α-hetero) is 1. The summed E-state index contributed by atoms with van der Waals surface area (Å²) in [5, 5.41) is 12.1. The molecule has 0 unspecified atom stereocenters. The third-order valence-electron chi connectivity index (χ3n) is 6.44. The van der Waals surface area contributed by atoms with Crippen LogP contribution in [0.25, 0.3) is 10.8 Å². The number of hydrogen-bond donors (Lipinski definition) is 1. The van der Waals surface area contributed by atoms with Gasteiger partial charge in [-0.2, -0.15) is 5.26 Å². The first kappa shape index (κ1) is 23.0. The van der Waals surface area contributed by atoms with E-state index in [1.807, 2.05) is 30.3 Å². The molecule has 0 saturated heterocycles. The van der Waals surface area contributed by atoms with Gasteiger partial charge < -0.3 is 19.9 Å². The first-order valence-electron chi connectivity index (χ1n) is 11.3. The smallest absolute Gasteiger partial charge is 0.205 e. The molecule has 1 aliphatic heterocycles. The third-order valence-corrected chi connectivity index (χ3v) is 7.03. The number of allylic oxidation sites excluding steroid dienone is 3. The lowest BCUT2D eigenvalue weighted by Gasteiger charge is -2.31. The fraction of sp³-hybridized carbons (Fsp3) is 0.214. The average molecular weight is 531 g/mol. The van der Waals surface area contributed by atoms with Gasteiger partial charge in [0.1, 0.15) is 24.0 Å². The topological polar surface area (TPSA) is 94.6 Å². The second-order valence-electron chi connectivity index (χ2n) is 8.50. The molecule has 6 nitrogen and oxygen atoms in total. The number of ketones is 1. The van der Waals surface area contributed by atoms with E-state index in [0.29, 0.717) is 58.7 Å². The van der Waals surface area contributed by atoms with Gasteiger partial charge in [-0.1, -0.05) is 42.5 Å². The van der Waals surface area contributed by atoms with Crippen LogP contribution in [0.2, 0.25) is 0 Å². The molecule has 35 heavy (non-hydrogen) atoms. The highest BCUT2D eigenvalue weighted by molar-refractivity contribution is 9.10. The maximum absolute atomic E-state index is 12.9. The van der Waals surface area contributed by atoms with Crippen LogP contribution < -0.4 is 15.2 Å². The number of nitrogens with two attached hydrogens (primary N) is 1. The van der Waals surface area contributed by atoms with Gasteiger partial charge in [0.25, 0.3) is 0 Å². The molecule has 0 amide bonds. The number of halogens is 1. The Kier molecular flexibility index (Phi) is 6.23. The summed E-state index contributed by atoms with van der Waals surface area (Å²) in [4.78, 5) is 12.9. The van der Waals surface area contributed by atoms with Crippen molar-refractivity contribution in [3.63, 3.8) is 0 Å². The molecular weight excluding hydrogens is 508 g/mol. The van der Waals surface area contributed by atoms with E-state index in [-0.39, 0.29) is 17.2 Å². The number of carbonyl (C=O) groups excluding carboxylic acids is 1. The Morgan fingerprint density at radius 2 is 1.97 bits per heavy atom. The molecule has 2 N–H and O–H groups in total. The molecule has 0 fully saturated rings. The number of nitriles is 1. The zero-order valence-electron chi connectivity index (χ0n) is 19.1. The van der Waals surface area contributed by atoms with Gasteiger partial charge in [-0.15, -0.1) is 0 Å². The van der Waals surface area contributed by atoms with E-state index in [0.717, 1.165) is 16.3 Å². The fourth-order valence-electron chi connectivity index (χ4n) is 4.80. The molecule has 0 spiro atoms. The molecule has 0 radical (unpaired) electrons. The largest absolute Gasteiger partial charge is 0.493 e. The van der Waals surface area contributed by atoms with Crippen molar-refractivity contribution in [1.29, 1.82) is 5.26 Å². The number of methoxy groups -OCH3 is 1. The van der Waals surface area contributed by atoms with Crippen LogP contribution in [0.4, 0.5) is 0 Å². The van der Waals surface area contributed by atoms with Crippen LogP contribution in [0.1, 0.15) is 36.3 Å². The van der Waals surface area contributed by atoms with E-state index in [1.54, 1.807) is 13.2 Å². The van der Waals surface area contributed by atoms with Crippen molar-refractivity contribution in [2.45, 2.75) is 31.8 Å². The van der Waals surface area contributed by atoms with Crippen LogP contribution >= 0.6 is 15.9 Å². The van der Waals surface area contributed by atoms with Crippen LogP contribution in [-0.4, -0.2) is 12.9 Å². The molecule has 3 aromatic rings. The van der Waals surface area contributed by atoms with Gasteiger partial charge in [0.2, 0.25) is 5.88 Å². The lowest BCUT2D eigenvalue weighted by molar-refractivity contribution is -0.116. The molecule has 0 saturated carbocycles. The lowest BCUT2D eigenvalue weighted by Crippen LogP contribution is -2.27. The van der Waals surface area contributed by atoms with Crippen molar-refractivity contribution >= 4 is 32.5 Å². The average Bonchev–Trinajstić information content (AvgIpc) is 2.87. The van der Waals surface area contributed by atoms with Crippen LogP contribution in [0.5, 0.6) is 11.5 Å². The first-order valence-corrected chi connectivity index (χ1v) is 12.1. The number of benzene rings is 3. The minimum atomic E-state index is -0.617. The predicted octanol–water partition coefficient (Wildman–Crippen LogP) is 6.00. The summed E-state index contributed by atoms with van der Waals surface area (Å²) in [6.45, 7) is 0.344. The Hall–Kier alpha value is -3.76. The van der Waals surface area contributed by atoms with E-state index < -0.39 is 5.92 Å². The number of fused-ring (bicyclic) bond motifs is 1. The quantitative estimate of drug-likeness (QED) is 0.434. The van der Waals surface area contributed by atoms with Crippen molar-refractivity contribution in [1.82, 2.24) is 0 Å². The summed E-state index contributed by atoms with van der Waals surface area (Å²) in [5.74, 6) is 0.974. The number of hydrogen-bond acceptors (Lipinski definition) is 6. The highest BCUT2D eigenvalue weighted by Gasteiger charge is 2.38. The monoisotopic (exact) mass is 530 g/mol. The minimum Gasteiger partial charge on any atom is -0.493 e. The third kappa shape index (κ3) is 4.15. The molecule has 1 heterocycles. The summed E-state index contributed by atoms with van der Waals surface area (Å²) >= 11 is 3.62. The number of ether oxygens (including phenoxy) is 3. The van der Waals surface area contributed by atoms with Gasteiger partial charge in [0, 0.05) is 18.4 Å². The van der Waals surface area contributed by atoms with E-state index in [4.69, 9.17) is 19.9 Å². The molecule has 1 aliphatic carbocycles. The maximum atomic E-state index is 12.9. The molecule has 0 bridgehead atoms. The Balaban J connectivity index is 1.53. The molecular formula is C28H23BrN2O4. The van der Waals surface area contributed by atoms with E-state index in [1.165, 1.54) is 0 Å². The zero-order valence-corrected chi connectivity index (χ0v) is 20.7. The fourth-order valence-corrected chi connectivity index (χ4v) is 5.38. The Morgan fingerprint density at radius 1 is 1.17 bits per heavy atom. The van der Waals surface area contributed by atoms with Crippen molar-refractivity contribution in [3.05, 3.63) is 93.0 Å². The number of carbonyl (C=O) groups is 1. The highest BCUT2D eigenvalue weighted by atomic mass is 79.9. The molecule has 176 valence electrons. The molecule has 3 aromatic carbocycles. The SMILES string of the molecule is COc1cc([C@H]2C(C#N)=C(N)OC3=C2C(=O)CCC3)cc(Br)c1OCc1cccc2ccccc12. The van der Waals surface area contributed by atoms with E-state index in [9.17, 15) is 10.1 Å². The molecule has 0 aromatic heterocycles. The second kappa shape index (κ2) is 9.47. The van der Waals surface area contributed by atoms with Gasteiger partial charge in [-0.25, -0.2) is 0 Å². The first-order chi connectivity index (χ1) is 17.0. The van der Waals surface area contributed by atoms with Gasteiger partial charge in [-0.3, -0.25) is 4.79 Å². The van der Waals surface area contributed by atoms with Gasteiger partial charge in [0.05, 0.1) is 17.5 Å². The number of nitrogens with zero attached hydrogens (tertiary/aromatic N) is 1. The van der Waals surface area contributed by atoms with Crippen LogP contribution in [0.15, 0.2) is 81.9 Å².